The lowest BCUT2D eigenvalue weighted by molar-refractivity contribution is 1.48. The molecular formula is C46H40N2S2Si2. The minimum absolute atomic E-state index is 1.07. The number of aromatic nitrogens is 2. The fraction of sp³-hybridized carbons (Fsp3) is 0.130. The van der Waals surface area contributed by atoms with E-state index in [0.29, 0.717) is 0 Å². The highest BCUT2D eigenvalue weighted by Crippen LogP contribution is 2.44. The summed E-state index contributed by atoms with van der Waals surface area (Å²) in [6.45, 7) is 14.4. The van der Waals surface area contributed by atoms with Crippen molar-refractivity contribution in [3.8, 4) is 43.4 Å². The van der Waals surface area contributed by atoms with E-state index in [4.69, 9.17) is 9.97 Å². The van der Waals surface area contributed by atoms with Gasteiger partial charge in [-0.15, -0.1) is 22.7 Å². The van der Waals surface area contributed by atoms with Crippen molar-refractivity contribution >= 4 is 91.2 Å². The first kappa shape index (κ1) is 33.1. The Morgan fingerprint density at radius 3 is 1.04 bits per heavy atom. The van der Waals surface area contributed by atoms with Crippen LogP contribution < -0.4 is 10.4 Å². The summed E-state index contributed by atoms with van der Waals surface area (Å²) in [6.07, 6.45) is 0. The molecule has 2 nitrogen and oxygen atoms in total. The minimum atomic E-state index is -1.39. The van der Waals surface area contributed by atoms with Gasteiger partial charge in [-0.2, -0.15) is 0 Å². The fourth-order valence-electron chi connectivity index (χ4n) is 7.34. The maximum atomic E-state index is 5.03. The van der Waals surface area contributed by atoms with E-state index in [1.165, 1.54) is 63.6 Å². The molecule has 0 unspecified atom stereocenters. The average molecular weight is 741 g/mol. The number of hydrogen-bond donors (Lipinski definition) is 0. The Hall–Kier alpha value is -4.73. The van der Waals surface area contributed by atoms with E-state index in [1.807, 2.05) is 0 Å². The van der Waals surface area contributed by atoms with E-state index in [0.717, 1.165) is 32.2 Å². The fourth-order valence-corrected chi connectivity index (χ4v) is 11.9. The predicted molar refractivity (Wildman–Crippen MR) is 236 cm³/mol. The van der Waals surface area contributed by atoms with Gasteiger partial charge < -0.3 is 0 Å². The van der Waals surface area contributed by atoms with E-state index in [2.05, 4.69) is 173 Å². The van der Waals surface area contributed by atoms with Crippen molar-refractivity contribution in [3.63, 3.8) is 0 Å². The van der Waals surface area contributed by atoms with Crippen molar-refractivity contribution in [3.05, 3.63) is 133 Å². The molecule has 2 heterocycles. The van der Waals surface area contributed by atoms with Crippen LogP contribution in [0.15, 0.2) is 133 Å². The Bertz CT molecular complexity index is 2550. The highest BCUT2D eigenvalue weighted by Gasteiger charge is 2.20. The molecule has 0 atom stereocenters. The van der Waals surface area contributed by atoms with Gasteiger partial charge in [0.25, 0.3) is 0 Å². The maximum absolute atomic E-state index is 5.03. The molecule has 9 aromatic rings. The van der Waals surface area contributed by atoms with Gasteiger partial charge in [0.15, 0.2) is 0 Å². The summed E-state index contributed by atoms with van der Waals surface area (Å²) in [5.74, 6) is 0. The molecule has 0 radical (unpaired) electrons. The third-order valence-electron chi connectivity index (χ3n) is 10.3. The van der Waals surface area contributed by atoms with Crippen LogP contribution in [0.4, 0.5) is 0 Å². The summed E-state index contributed by atoms with van der Waals surface area (Å²) in [7, 11) is -2.78. The van der Waals surface area contributed by atoms with Gasteiger partial charge in [0, 0.05) is 11.1 Å². The highest BCUT2D eigenvalue weighted by molar-refractivity contribution is 7.22. The summed E-state index contributed by atoms with van der Waals surface area (Å²) >= 11 is 3.60. The molecule has 7 aromatic carbocycles. The summed E-state index contributed by atoms with van der Waals surface area (Å²) in [4.78, 5) is 10.1. The van der Waals surface area contributed by atoms with Crippen LogP contribution in [0.1, 0.15) is 0 Å². The normalized spacial score (nSPS) is 12.4. The van der Waals surface area contributed by atoms with Crippen molar-refractivity contribution in [2.75, 3.05) is 0 Å². The molecule has 2 aromatic heterocycles. The number of benzene rings is 7. The standard InChI is InChI=1S/C46H40N2S2Si2/c1-51(2,3)33-23-25-39-41(27-33)49-45(47-39)31-19-15-29(16-20-31)43-35-11-7-9-13-37(35)44(38-14-10-8-12-36(38)43)30-17-21-32(22-18-30)46-48-40-26-24-34(52(4,5)6)28-42(40)50-46/h7-28H,1-6H3. The Morgan fingerprint density at radius 2 is 0.712 bits per heavy atom. The monoisotopic (exact) mass is 740 g/mol. The first-order valence-corrected chi connectivity index (χ1v) is 26.6. The van der Waals surface area contributed by atoms with Gasteiger partial charge in [-0.25, -0.2) is 9.97 Å². The number of nitrogens with zero attached hydrogens (tertiary/aromatic N) is 2. The SMILES string of the molecule is C[Si](C)(C)c1ccc2nc(-c3ccc(-c4c5ccccc5c(-c5ccc(-c6nc7ccc([Si](C)(C)C)cc7s6)cc5)c5ccccc45)cc3)sc2c1. The first-order valence-electron chi connectivity index (χ1n) is 18.0. The quantitative estimate of drug-likeness (QED) is 0.125. The summed E-state index contributed by atoms with van der Waals surface area (Å²) in [5, 5.41) is 10.1. The molecule has 0 fully saturated rings. The van der Waals surface area contributed by atoms with Crippen molar-refractivity contribution in [1.82, 2.24) is 9.97 Å². The Balaban J connectivity index is 1.11. The van der Waals surface area contributed by atoms with Gasteiger partial charge in [0.05, 0.1) is 36.6 Å². The van der Waals surface area contributed by atoms with Gasteiger partial charge >= 0.3 is 0 Å². The molecule has 0 N–H and O–H groups in total. The summed E-state index contributed by atoms with van der Waals surface area (Å²) in [6, 6.07) is 49.6. The zero-order valence-electron chi connectivity index (χ0n) is 30.4. The van der Waals surface area contributed by atoms with Gasteiger partial charge in [-0.05, 0) is 68.1 Å². The first-order chi connectivity index (χ1) is 25.0. The zero-order chi connectivity index (χ0) is 35.8. The van der Waals surface area contributed by atoms with Gasteiger partial charge in [-0.1, -0.05) is 159 Å². The molecule has 0 bridgehead atoms. The summed E-state index contributed by atoms with van der Waals surface area (Å²) in [5.41, 5.74) is 9.47. The second-order valence-corrected chi connectivity index (χ2v) is 28.1. The largest absolute Gasteiger partial charge is 0.236 e. The second-order valence-electron chi connectivity index (χ2n) is 15.9. The number of hydrogen-bond acceptors (Lipinski definition) is 4. The molecule has 0 saturated heterocycles. The summed E-state index contributed by atoms with van der Waals surface area (Å²) < 4.78 is 2.55. The smallest absolute Gasteiger partial charge is 0.124 e. The lowest BCUT2D eigenvalue weighted by Crippen LogP contribution is -2.37. The predicted octanol–water partition coefficient (Wildman–Crippen LogP) is 13.0. The van der Waals surface area contributed by atoms with Crippen molar-refractivity contribution in [1.29, 1.82) is 0 Å². The Kier molecular flexibility index (Phi) is 7.93. The molecular weight excluding hydrogens is 701 g/mol. The molecule has 0 aliphatic carbocycles. The van der Waals surface area contributed by atoms with E-state index in [-0.39, 0.29) is 0 Å². The van der Waals surface area contributed by atoms with Crippen LogP contribution >= 0.6 is 22.7 Å². The second kappa shape index (κ2) is 12.5. The van der Waals surface area contributed by atoms with Crippen molar-refractivity contribution in [2.24, 2.45) is 0 Å². The molecule has 0 amide bonds. The van der Waals surface area contributed by atoms with Crippen molar-refractivity contribution in [2.45, 2.75) is 39.3 Å². The molecule has 52 heavy (non-hydrogen) atoms. The molecule has 6 heteroatoms. The van der Waals surface area contributed by atoms with Crippen LogP contribution in [-0.2, 0) is 0 Å². The third-order valence-corrected chi connectivity index (χ3v) is 16.5. The zero-order valence-corrected chi connectivity index (χ0v) is 34.0. The van der Waals surface area contributed by atoms with E-state index in [1.54, 1.807) is 22.7 Å². The van der Waals surface area contributed by atoms with Crippen molar-refractivity contribution < 1.29 is 0 Å². The lowest BCUT2D eigenvalue weighted by Gasteiger charge is -2.18. The number of fused-ring (bicyclic) bond motifs is 4. The highest BCUT2D eigenvalue weighted by atomic mass is 32.1. The third kappa shape index (κ3) is 5.84. The molecule has 0 spiro atoms. The number of thiazole rings is 2. The molecule has 9 rings (SSSR count). The molecule has 0 saturated carbocycles. The molecule has 254 valence electrons. The van der Waals surface area contributed by atoms with Crippen LogP contribution in [0.5, 0.6) is 0 Å². The topological polar surface area (TPSA) is 25.8 Å². The molecule has 0 aliphatic heterocycles. The van der Waals surface area contributed by atoms with Crippen LogP contribution in [-0.4, -0.2) is 26.1 Å². The van der Waals surface area contributed by atoms with Crippen LogP contribution in [0.25, 0.3) is 85.4 Å². The average Bonchev–Trinajstić information content (AvgIpc) is 3.77. The van der Waals surface area contributed by atoms with Crippen LogP contribution in [0.3, 0.4) is 0 Å². The Labute approximate surface area is 315 Å². The van der Waals surface area contributed by atoms with E-state index in [9.17, 15) is 0 Å². The van der Waals surface area contributed by atoms with Gasteiger partial charge in [-0.3, -0.25) is 0 Å². The number of rotatable bonds is 6. The van der Waals surface area contributed by atoms with Gasteiger partial charge in [0.2, 0.25) is 0 Å². The van der Waals surface area contributed by atoms with Gasteiger partial charge in [0.1, 0.15) is 10.0 Å². The van der Waals surface area contributed by atoms with Crippen LogP contribution in [0, 0.1) is 0 Å². The maximum Gasteiger partial charge on any atom is 0.124 e. The lowest BCUT2D eigenvalue weighted by atomic mass is 9.86. The van der Waals surface area contributed by atoms with Crippen LogP contribution in [0.2, 0.25) is 39.3 Å². The van der Waals surface area contributed by atoms with E-state index < -0.39 is 16.1 Å². The minimum Gasteiger partial charge on any atom is -0.236 e. The Morgan fingerprint density at radius 1 is 0.385 bits per heavy atom. The molecule has 0 aliphatic rings. The van der Waals surface area contributed by atoms with E-state index >= 15 is 0 Å².